The number of esters is 2. The zero-order valence-corrected chi connectivity index (χ0v) is 22.9. The molecule has 1 rings (SSSR count). The summed E-state index contributed by atoms with van der Waals surface area (Å²) in [5, 5.41) is 12.8. The number of carbonyl (C=O) groups is 3. The van der Waals surface area contributed by atoms with Gasteiger partial charge in [0.1, 0.15) is 6.04 Å². The van der Waals surface area contributed by atoms with Crippen LogP contribution in [0.1, 0.15) is 114 Å². The normalized spacial score (nSPS) is 11.5. The van der Waals surface area contributed by atoms with Crippen LogP contribution in [-0.2, 0) is 19.1 Å². The molecule has 2 N–H and O–H groups in total. The lowest BCUT2D eigenvalue weighted by Gasteiger charge is -2.18. The standard InChI is InChI=1S/C28H46N2O7/c1-4-6-8-10-12-14-20-36-24(31)17-16-22(28(34)37-21-15-13-11-9-7-5-2)30-27(33)25-26(32)23(35-3)18-19-29-25/h18-19,22,32H,4-17,20-21H2,1-3H3,(H,30,33)/t22-/m0/s1. The van der Waals surface area contributed by atoms with E-state index in [1.165, 1.54) is 45.1 Å². The van der Waals surface area contributed by atoms with Crippen LogP contribution < -0.4 is 10.1 Å². The van der Waals surface area contributed by atoms with Crippen molar-refractivity contribution in [2.75, 3.05) is 20.3 Å². The molecule has 1 amide bonds. The highest BCUT2D eigenvalue weighted by Gasteiger charge is 2.26. The van der Waals surface area contributed by atoms with E-state index < -0.39 is 29.6 Å². The monoisotopic (exact) mass is 522 g/mol. The Kier molecular flexibility index (Phi) is 17.6. The molecule has 0 aliphatic rings. The fraction of sp³-hybridized carbons (Fsp3) is 0.714. The lowest BCUT2D eigenvalue weighted by Crippen LogP contribution is -2.42. The van der Waals surface area contributed by atoms with Crippen LogP contribution >= 0.6 is 0 Å². The van der Waals surface area contributed by atoms with Gasteiger partial charge in [-0.2, -0.15) is 0 Å². The third-order valence-corrected chi connectivity index (χ3v) is 6.05. The maximum absolute atomic E-state index is 12.8. The van der Waals surface area contributed by atoms with Crippen molar-refractivity contribution < 1.29 is 33.7 Å². The summed E-state index contributed by atoms with van der Waals surface area (Å²) in [7, 11) is 1.36. The van der Waals surface area contributed by atoms with E-state index in [-0.39, 0.29) is 30.9 Å². The Morgan fingerprint density at radius 3 is 2.05 bits per heavy atom. The van der Waals surface area contributed by atoms with Crippen LogP contribution in [0.5, 0.6) is 11.5 Å². The smallest absolute Gasteiger partial charge is 0.328 e. The van der Waals surface area contributed by atoms with E-state index in [2.05, 4.69) is 24.1 Å². The molecular formula is C28H46N2O7. The molecular weight excluding hydrogens is 476 g/mol. The Bertz CT molecular complexity index is 801. The summed E-state index contributed by atoms with van der Waals surface area (Å²) in [5.41, 5.74) is -0.279. The number of rotatable bonds is 21. The molecule has 0 bridgehead atoms. The zero-order valence-electron chi connectivity index (χ0n) is 22.9. The molecule has 0 aliphatic heterocycles. The van der Waals surface area contributed by atoms with Gasteiger partial charge in [-0.3, -0.25) is 9.59 Å². The van der Waals surface area contributed by atoms with Gasteiger partial charge in [-0.05, 0) is 19.3 Å². The van der Waals surface area contributed by atoms with E-state index in [1.807, 2.05) is 0 Å². The summed E-state index contributed by atoms with van der Waals surface area (Å²) < 4.78 is 15.7. The first kappa shape index (κ1) is 32.2. The summed E-state index contributed by atoms with van der Waals surface area (Å²) in [6.07, 6.45) is 14.1. The van der Waals surface area contributed by atoms with Gasteiger partial charge in [0, 0.05) is 18.7 Å². The molecule has 0 saturated carbocycles. The molecule has 9 nitrogen and oxygen atoms in total. The van der Waals surface area contributed by atoms with Gasteiger partial charge < -0.3 is 24.6 Å². The molecule has 0 aromatic carbocycles. The van der Waals surface area contributed by atoms with E-state index in [4.69, 9.17) is 14.2 Å². The number of carbonyl (C=O) groups excluding carboxylic acids is 3. The molecule has 1 aromatic heterocycles. The fourth-order valence-corrected chi connectivity index (χ4v) is 3.80. The third-order valence-electron chi connectivity index (χ3n) is 6.05. The zero-order chi connectivity index (χ0) is 27.3. The van der Waals surface area contributed by atoms with Gasteiger partial charge >= 0.3 is 11.9 Å². The molecule has 0 radical (unpaired) electrons. The number of nitrogens with zero attached hydrogens (tertiary/aromatic N) is 1. The Balaban J connectivity index is 2.62. The van der Waals surface area contributed by atoms with Crippen LogP contribution in [0.4, 0.5) is 0 Å². The van der Waals surface area contributed by atoms with Crippen LogP contribution in [0.25, 0.3) is 0 Å². The molecule has 1 aromatic rings. The van der Waals surface area contributed by atoms with Gasteiger partial charge in [-0.25, -0.2) is 9.78 Å². The first-order chi connectivity index (χ1) is 17.9. The Hall–Kier alpha value is -2.84. The second-order valence-corrected chi connectivity index (χ2v) is 9.20. The first-order valence-electron chi connectivity index (χ1n) is 13.8. The first-order valence-corrected chi connectivity index (χ1v) is 13.8. The van der Waals surface area contributed by atoms with E-state index in [9.17, 15) is 19.5 Å². The summed E-state index contributed by atoms with van der Waals surface area (Å²) >= 11 is 0. The summed E-state index contributed by atoms with van der Waals surface area (Å²) in [5.74, 6) is -2.18. The molecule has 0 spiro atoms. The maximum atomic E-state index is 12.8. The minimum absolute atomic E-state index is 0.0150. The fourth-order valence-electron chi connectivity index (χ4n) is 3.80. The maximum Gasteiger partial charge on any atom is 0.328 e. The number of hydrogen-bond acceptors (Lipinski definition) is 8. The predicted octanol–water partition coefficient (Wildman–Crippen LogP) is 5.48. The molecule has 0 saturated heterocycles. The lowest BCUT2D eigenvalue weighted by atomic mass is 10.1. The van der Waals surface area contributed by atoms with E-state index in [0.29, 0.717) is 6.61 Å². The minimum atomic E-state index is -1.08. The van der Waals surface area contributed by atoms with E-state index >= 15 is 0 Å². The van der Waals surface area contributed by atoms with E-state index in [0.717, 1.165) is 51.4 Å². The summed E-state index contributed by atoms with van der Waals surface area (Å²) in [6.45, 7) is 4.90. The van der Waals surface area contributed by atoms with Crippen molar-refractivity contribution in [3.05, 3.63) is 18.0 Å². The number of aromatic nitrogens is 1. The number of aromatic hydroxyl groups is 1. The van der Waals surface area contributed by atoms with Crippen molar-refractivity contribution in [3.63, 3.8) is 0 Å². The van der Waals surface area contributed by atoms with Gasteiger partial charge in [0.2, 0.25) is 0 Å². The minimum Gasteiger partial charge on any atom is -0.503 e. The molecule has 9 heteroatoms. The van der Waals surface area contributed by atoms with Gasteiger partial charge in [0.25, 0.3) is 5.91 Å². The van der Waals surface area contributed by atoms with Crippen molar-refractivity contribution in [2.45, 2.75) is 110 Å². The number of hydrogen-bond donors (Lipinski definition) is 2. The molecule has 0 unspecified atom stereocenters. The highest BCUT2D eigenvalue weighted by molar-refractivity contribution is 5.98. The SMILES string of the molecule is CCCCCCCCOC(=O)CC[C@H](NC(=O)c1nccc(OC)c1O)C(=O)OCCCCCCCC. The Morgan fingerprint density at radius 1 is 0.892 bits per heavy atom. The molecule has 37 heavy (non-hydrogen) atoms. The van der Waals surface area contributed by atoms with Crippen LogP contribution in [0.2, 0.25) is 0 Å². The van der Waals surface area contributed by atoms with Gasteiger partial charge in [-0.15, -0.1) is 0 Å². The Labute approximate surface area is 221 Å². The highest BCUT2D eigenvalue weighted by atomic mass is 16.5. The van der Waals surface area contributed by atoms with Crippen molar-refractivity contribution >= 4 is 17.8 Å². The summed E-state index contributed by atoms with van der Waals surface area (Å²) in [4.78, 5) is 41.7. The molecule has 1 heterocycles. The van der Waals surface area contributed by atoms with Crippen molar-refractivity contribution in [1.29, 1.82) is 0 Å². The van der Waals surface area contributed by atoms with Gasteiger partial charge in [0.15, 0.2) is 17.2 Å². The number of pyridine rings is 1. The number of ether oxygens (including phenoxy) is 3. The molecule has 210 valence electrons. The van der Waals surface area contributed by atoms with Crippen LogP contribution in [0, 0.1) is 0 Å². The largest absolute Gasteiger partial charge is 0.503 e. The number of unbranched alkanes of at least 4 members (excludes halogenated alkanes) is 10. The van der Waals surface area contributed by atoms with E-state index in [1.54, 1.807) is 0 Å². The van der Waals surface area contributed by atoms with Crippen LogP contribution in [-0.4, -0.2) is 54.3 Å². The molecule has 1 atom stereocenters. The van der Waals surface area contributed by atoms with Gasteiger partial charge in [-0.1, -0.05) is 78.1 Å². The Morgan fingerprint density at radius 2 is 1.46 bits per heavy atom. The average Bonchev–Trinajstić information content (AvgIpc) is 2.89. The van der Waals surface area contributed by atoms with Crippen molar-refractivity contribution in [1.82, 2.24) is 10.3 Å². The number of methoxy groups -OCH3 is 1. The topological polar surface area (TPSA) is 124 Å². The molecule has 0 aliphatic carbocycles. The lowest BCUT2D eigenvalue weighted by molar-refractivity contribution is -0.147. The highest BCUT2D eigenvalue weighted by Crippen LogP contribution is 2.27. The average molecular weight is 523 g/mol. The van der Waals surface area contributed by atoms with Crippen LogP contribution in [0.15, 0.2) is 12.3 Å². The molecule has 0 fully saturated rings. The second-order valence-electron chi connectivity index (χ2n) is 9.20. The van der Waals surface area contributed by atoms with Crippen molar-refractivity contribution in [2.24, 2.45) is 0 Å². The number of nitrogens with one attached hydrogen (secondary N) is 1. The van der Waals surface area contributed by atoms with Gasteiger partial charge in [0.05, 0.1) is 20.3 Å². The summed E-state index contributed by atoms with van der Waals surface area (Å²) in [6, 6.07) is 0.333. The number of amides is 1. The van der Waals surface area contributed by atoms with Crippen LogP contribution in [0.3, 0.4) is 0 Å². The quantitative estimate of drug-likeness (QED) is 0.161. The van der Waals surface area contributed by atoms with Crippen molar-refractivity contribution in [3.8, 4) is 11.5 Å². The second kappa shape index (κ2) is 20.2. The third kappa shape index (κ3) is 13.9. The predicted molar refractivity (Wildman–Crippen MR) is 142 cm³/mol.